The highest BCUT2D eigenvalue weighted by Crippen LogP contribution is 2.17. The lowest BCUT2D eigenvalue weighted by Gasteiger charge is -2.13. The summed E-state index contributed by atoms with van der Waals surface area (Å²) in [4.78, 5) is 12.3. The Kier molecular flexibility index (Phi) is 5.29. The van der Waals surface area contributed by atoms with Gasteiger partial charge >= 0.3 is 0 Å². The highest BCUT2D eigenvalue weighted by Gasteiger charge is 2.28. The lowest BCUT2D eigenvalue weighted by atomic mass is 10.0. The molecule has 0 aliphatic rings. The van der Waals surface area contributed by atoms with Gasteiger partial charge in [-0.15, -0.1) is 0 Å². The van der Waals surface area contributed by atoms with Crippen molar-refractivity contribution in [1.82, 2.24) is 0 Å². The van der Waals surface area contributed by atoms with Gasteiger partial charge in [0.15, 0.2) is 15.6 Å². The summed E-state index contributed by atoms with van der Waals surface area (Å²) < 4.78 is 24.2. The minimum Gasteiger partial charge on any atom is -0.293 e. The molecule has 1 aromatic carbocycles. The van der Waals surface area contributed by atoms with Crippen LogP contribution in [0.15, 0.2) is 18.2 Å². The van der Waals surface area contributed by atoms with E-state index in [2.05, 4.69) is 0 Å². The lowest BCUT2D eigenvalue weighted by Crippen LogP contribution is -2.30. The molecule has 106 valence electrons. The van der Waals surface area contributed by atoms with E-state index in [1.54, 1.807) is 6.07 Å². The number of rotatable bonds is 6. The molecule has 4 heteroatoms. The van der Waals surface area contributed by atoms with Crippen LogP contribution in [0.1, 0.15) is 48.2 Å². The van der Waals surface area contributed by atoms with Gasteiger partial charge in [0.25, 0.3) is 0 Å². The Morgan fingerprint density at radius 1 is 1.26 bits per heavy atom. The van der Waals surface area contributed by atoms with Crippen LogP contribution in [-0.2, 0) is 9.84 Å². The summed E-state index contributed by atoms with van der Waals surface area (Å²) in [6.07, 6.45) is 1.41. The Labute approximate surface area is 116 Å². The Morgan fingerprint density at radius 2 is 1.89 bits per heavy atom. The van der Waals surface area contributed by atoms with Crippen molar-refractivity contribution < 1.29 is 13.2 Å². The van der Waals surface area contributed by atoms with Gasteiger partial charge in [-0.25, -0.2) is 8.42 Å². The zero-order valence-corrected chi connectivity index (χ0v) is 12.9. The van der Waals surface area contributed by atoms with E-state index in [1.165, 1.54) is 6.92 Å². The molecule has 1 rings (SSSR count). The molecule has 0 aliphatic heterocycles. The first kappa shape index (κ1) is 15.9. The largest absolute Gasteiger partial charge is 0.293 e. The van der Waals surface area contributed by atoms with Gasteiger partial charge in [-0.1, -0.05) is 31.0 Å². The van der Waals surface area contributed by atoms with E-state index >= 15 is 0 Å². The maximum Gasteiger partial charge on any atom is 0.180 e. The fourth-order valence-electron chi connectivity index (χ4n) is 1.91. The van der Waals surface area contributed by atoms with Gasteiger partial charge in [-0.05, 0) is 38.8 Å². The predicted molar refractivity (Wildman–Crippen MR) is 78.4 cm³/mol. The molecule has 1 atom stereocenters. The van der Waals surface area contributed by atoms with Crippen LogP contribution in [0, 0.1) is 13.8 Å². The van der Waals surface area contributed by atoms with Crippen LogP contribution in [0.3, 0.4) is 0 Å². The van der Waals surface area contributed by atoms with Crippen molar-refractivity contribution >= 4 is 15.6 Å². The van der Waals surface area contributed by atoms with E-state index < -0.39 is 15.1 Å². The van der Waals surface area contributed by atoms with Gasteiger partial charge in [0.05, 0.1) is 5.75 Å². The zero-order chi connectivity index (χ0) is 14.6. The van der Waals surface area contributed by atoms with Crippen LogP contribution >= 0.6 is 0 Å². The van der Waals surface area contributed by atoms with Crippen molar-refractivity contribution in [2.45, 2.75) is 45.8 Å². The molecule has 0 N–H and O–H groups in total. The zero-order valence-electron chi connectivity index (χ0n) is 12.1. The molecule has 0 spiro atoms. The minimum absolute atomic E-state index is 0.0846. The smallest absolute Gasteiger partial charge is 0.180 e. The Hall–Kier alpha value is -1.16. The van der Waals surface area contributed by atoms with Crippen molar-refractivity contribution in [2.75, 3.05) is 5.75 Å². The van der Waals surface area contributed by atoms with Crippen LogP contribution < -0.4 is 0 Å². The van der Waals surface area contributed by atoms with Gasteiger partial charge in [0.1, 0.15) is 5.25 Å². The van der Waals surface area contributed by atoms with Gasteiger partial charge in [-0.2, -0.15) is 0 Å². The fourth-order valence-corrected chi connectivity index (χ4v) is 3.40. The molecule has 0 amide bonds. The summed E-state index contributed by atoms with van der Waals surface area (Å²) in [5.41, 5.74) is 2.31. The third-order valence-electron chi connectivity index (χ3n) is 3.35. The van der Waals surface area contributed by atoms with Gasteiger partial charge in [0, 0.05) is 5.56 Å². The van der Waals surface area contributed by atoms with Gasteiger partial charge < -0.3 is 0 Å². The molecule has 0 aromatic heterocycles. The van der Waals surface area contributed by atoms with Crippen molar-refractivity contribution in [2.24, 2.45) is 0 Å². The normalized spacial score (nSPS) is 13.3. The van der Waals surface area contributed by atoms with E-state index in [1.807, 2.05) is 32.9 Å². The number of carbonyl (C=O) groups is 1. The molecule has 0 saturated carbocycles. The molecule has 0 heterocycles. The molecule has 0 bridgehead atoms. The topological polar surface area (TPSA) is 51.2 Å². The molecule has 0 saturated heterocycles. The number of ketones is 1. The SMILES string of the molecule is CCCCS(=O)(=O)C(C)C(=O)c1cc(C)ccc1C. The molecular weight excluding hydrogens is 260 g/mol. The number of sulfone groups is 1. The number of hydrogen-bond acceptors (Lipinski definition) is 3. The second kappa shape index (κ2) is 6.33. The van der Waals surface area contributed by atoms with Crippen LogP contribution in [-0.4, -0.2) is 25.2 Å². The monoisotopic (exact) mass is 282 g/mol. The predicted octanol–water partition coefficient (Wildman–Crippen LogP) is 3.09. The summed E-state index contributed by atoms with van der Waals surface area (Å²) in [6.45, 7) is 7.16. The van der Waals surface area contributed by atoms with E-state index in [-0.39, 0.29) is 11.5 Å². The molecule has 0 fully saturated rings. The summed E-state index contributed by atoms with van der Waals surface area (Å²) in [6, 6.07) is 5.54. The summed E-state index contributed by atoms with van der Waals surface area (Å²) in [7, 11) is -3.35. The van der Waals surface area contributed by atoms with Crippen molar-refractivity contribution in [3.63, 3.8) is 0 Å². The number of hydrogen-bond donors (Lipinski definition) is 0. The molecule has 3 nitrogen and oxygen atoms in total. The highest BCUT2D eigenvalue weighted by atomic mass is 32.2. The van der Waals surface area contributed by atoms with E-state index in [4.69, 9.17) is 0 Å². The average molecular weight is 282 g/mol. The minimum atomic E-state index is -3.35. The van der Waals surface area contributed by atoms with Gasteiger partial charge in [-0.3, -0.25) is 4.79 Å². The van der Waals surface area contributed by atoms with Crippen LogP contribution in [0.25, 0.3) is 0 Å². The molecule has 1 unspecified atom stereocenters. The summed E-state index contributed by atoms with van der Waals surface area (Å²) in [5, 5.41) is -0.959. The van der Waals surface area contributed by atoms with Gasteiger partial charge in [0.2, 0.25) is 0 Å². The average Bonchev–Trinajstić information content (AvgIpc) is 2.37. The van der Waals surface area contributed by atoms with E-state index in [9.17, 15) is 13.2 Å². The molecule has 1 aromatic rings. The molecule has 19 heavy (non-hydrogen) atoms. The third kappa shape index (κ3) is 3.90. The second-order valence-corrected chi connectivity index (χ2v) is 7.49. The molecular formula is C15H22O3S. The van der Waals surface area contributed by atoms with Crippen molar-refractivity contribution in [3.8, 4) is 0 Å². The summed E-state index contributed by atoms with van der Waals surface area (Å²) >= 11 is 0. The molecule has 0 radical (unpaired) electrons. The standard InChI is InChI=1S/C15H22O3S/c1-5-6-9-19(17,18)13(4)15(16)14-10-11(2)7-8-12(14)3/h7-8,10,13H,5-6,9H2,1-4H3. The Morgan fingerprint density at radius 3 is 2.47 bits per heavy atom. The van der Waals surface area contributed by atoms with Crippen LogP contribution in [0.5, 0.6) is 0 Å². The summed E-state index contributed by atoms with van der Waals surface area (Å²) in [5.74, 6) is -0.210. The molecule has 0 aliphatic carbocycles. The highest BCUT2D eigenvalue weighted by molar-refractivity contribution is 7.92. The number of Topliss-reactive ketones (excluding diaryl/α,β-unsaturated/α-hetero) is 1. The second-order valence-electron chi connectivity index (χ2n) is 5.05. The van der Waals surface area contributed by atoms with Crippen LogP contribution in [0.4, 0.5) is 0 Å². The third-order valence-corrected chi connectivity index (χ3v) is 5.50. The van der Waals surface area contributed by atoms with Crippen molar-refractivity contribution in [3.05, 3.63) is 34.9 Å². The fraction of sp³-hybridized carbons (Fsp3) is 0.533. The van der Waals surface area contributed by atoms with E-state index in [0.29, 0.717) is 12.0 Å². The van der Waals surface area contributed by atoms with Crippen LogP contribution in [0.2, 0.25) is 0 Å². The maximum absolute atomic E-state index is 12.3. The number of benzene rings is 1. The first-order valence-corrected chi connectivity index (χ1v) is 8.34. The number of aryl methyl sites for hydroxylation is 2. The Bertz CT molecular complexity index is 559. The van der Waals surface area contributed by atoms with Crippen molar-refractivity contribution in [1.29, 1.82) is 0 Å². The van der Waals surface area contributed by atoms with E-state index in [0.717, 1.165) is 17.5 Å². The number of carbonyl (C=O) groups excluding carboxylic acids is 1. The lowest BCUT2D eigenvalue weighted by molar-refractivity contribution is 0.0990. The quantitative estimate of drug-likeness (QED) is 0.753. The number of unbranched alkanes of at least 4 members (excludes halogenated alkanes) is 1. The first-order chi connectivity index (χ1) is 8.79. The Balaban J connectivity index is 3.03. The maximum atomic E-state index is 12.3. The first-order valence-electron chi connectivity index (χ1n) is 6.62.